The quantitative estimate of drug-likeness (QED) is 0.753. The van der Waals surface area contributed by atoms with Crippen LogP contribution in [-0.2, 0) is 6.42 Å². The van der Waals surface area contributed by atoms with Crippen LogP contribution in [0.2, 0.25) is 0 Å². The van der Waals surface area contributed by atoms with Crippen molar-refractivity contribution in [3.63, 3.8) is 0 Å². The van der Waals surface area contributed by atoms with E-state index in [1.807, 2.05) is 19.1 Å². The molecule has 1 aromatic heterocycles. The molecule has 21 heavy (non-hydrogen) atoms. The zero-order chi connectivity index (χ0) is 14.9. The third kappa shape index (κ3) is 5.42. The van der Waals surface area contributed by atoms with Gasteiger partial charge in [-0.25, -0.2) is 4.98 Å². The number of hydrogen-bond acceptors (Lipinski definition) is 4. The summed E-state index contributed by atoms with van der Waals surface area (Å²) in [4.78, 5) is 8.66. The molecule has 112 valence electrons. The molecule has 0 fully saturated rings. The maximum Gasteiger partial charge on any atom is 0.218 e. The number of nitrogens with zero attached hydrogens (tertiary/aromatic N) is 2. The lowest BCUT2D eigenvalue weighted by Gasteiger charge is -2.09. The van der Waals surface area contributed by atoms with Gasteiger partial charge in [0.15, 0.2) is 0 Å². The summed E-state index contributed by atoms with van der Waals surface area (Å²) >= 11 is 0. The molecule has 0 amide bonds. The van der Waals surface area contributed by atoms with E-state index in [0.717, 1.165) is 37.4 Å². The van der Waals surface area contributed by atoms with Crippen LogP contribution >= 0.6 is 0 Å². The van der Waals surface area contributed by atoms with Crippen LogP contribution in [-0.4, -0.2) is 23.1 Å². The van der Waals surface area contributed by atoms with E-state index in [0.29, 0.717) is 12.5 Å². The Bertz CT molecular complexity index is 543. The lowest BCUT2D eigenvalue weighted by Crippen LogP contribution is -2.06. The molecule has 0 aliphatic heterocycles. The Labute approximate surface area is 126 Å². The lowest BCUT2D eigenvalue weighted by atomic mass is 10.1. The highest BCUT2D eigenvalue weighted by Crippen LogP contribution is 2.14. The number of nitrogens with one attached hydrogen (secondary N) is 1. The molecule has 4 heteroatoms. The molecule has 0 bridgehead atoms. The zero-order valence-corrected chi connectivity index (χ0v) is 12.8. The smallest absolute Gasteiger partial charge is 0.218 e. The molecular weight excluding hydrogens is 262 g/mol. The van der Waals surface area contributed by atoms with Crippen LogP contribution in [0.25, 0.3) is 0 Å². The van der Waals surface area contributed by atoms with Crippen molar-refractivity contribution < 1.29 is 4.74 Å². The van der Waals surface area contributed by atoms with E-state index in [2.05, 4.69) is 46.5 Å². The molecule has 0 aliphatic rings. The van der Waals surface area contributed by atoms with Gasteiger partial charge in [-0.3, -0.25) is 0 Å². The molecule has 2 rings (SSSR count). The second kappa shape index (κ2) is 8.25. The Kier molecular flexibility index (Phi) is 6.00. The number of anilines is 1. The lowest BCUT2D eigenvalue weighted by molar-refractivity contribution is 0.298. The van der Waals surface area contributed by atoms with Gasteiger partial charge in [0.25, 0.3) is 0 Å². The van der Waals surface area contributed by atoms with Crippen LogP contribution < -0.4 is 10.1 Å². The molecule has 0 radical (unpaired) electrons. The third-order valence-corrected chi connectivity index (χ3v) is 3.07. The fraction of sp³-hybridized carbons (Fsp3) is 0.412. The van der Waals surface area contributed by atoms with E-state index < -0.39 is 0 Å². The summed E-state index contributed by atoms with van der Waals surface area (Å²) in [6.07, 6.45) is 3.06. The van der Waals surface area contributed by atoms with Gasteiger partial charge < -0.3 is 10.1 Å². The van der Waals surface area contributed by atoms with Crippen molar-refractivity contribution in [1.29, 1.82) is 0 Å². The summed E-state index contributed by atoms with van der Waals surface area (Å²) < 4.78 is 5.74. The van der Waals surface area contributed by atoms with E-state index in [1.54, 1.807) is 0 Å². The highest BCUT2D eigenvalue weighted by Gasteiger charge is 2.02. The molecule has 4 nitrogen and oxygen atoms in total. The number of hydrogen-bond donors (Lipinski definition) is 1. The van der Waals surface area contributed by atoms with Crippen LogP contribution in [0.1, 0.15) is 31.2 Å². The van der Waals surface area contributed by atoms with Crippen molar-refractivity contribution in [1.82, 2.24) is 9.97 Å². The molecule has 0 spiro atoms. The minimum Gasteiger partial charge on any atom is -0.478 e. The van der Waals surface area contributed by atoms with Gasteiger partial charge in [-0.1, -0.05) is 37.3 Å². The summed E-state index contributed by atoms with van der Waals surface area (Å²) in [6, 6.07) is 12.3. The van der Waals surface area contributed by atoms with Crippen molar-refractivity contribution in [3.8, 4) is 5.88 Å². The zero-order valence-electron chi connectivity index (χ0n) is 12.8. The first-order valence-corrected chi connectivity index (χ1v) is 7.54. The number of ether oxygens (including phenoxy) is 1. The summed E-state index contributed by atoms with van der Waals surface area (Å²) in [5.41, 5.74) is 1.34. The van der Waals surface area contributed by atoms with Gasteiger partial charge in [0, 0.05) is 12.6 Å². The Morgan fingerprint density at radius 1 is 1.14 bits per heavy atom. The minimum absolute atomic E-state index is 0.647. The molecule has 0 saturated carbocycles. The Balaban J connectivity index is 1.81. The van der Waals surface area contributed by atoms with Crippen LogP contribution in [0.3, 0.4) is 0 Å². The van der Waals surface area contributed by atoms with E-state index in [9.17, 15) is 0 Å². The number of aryl methyl sites for hydroxylation is 2. The molecule has 0 aliphatic carbocycles. The topological polar surface area (TPSA) is 47.0 Å². The first kappa shape index (κ1) is 15.3. The molecule has 1 aromatic carbocycles. The molecule has 1 heterocycles. The van der Waals surface area contributed by atoms with Gasteiger partial charge in [0.2, 0.25) is 5.88 Å². The second-order valence-electron chi connectivity index (χ2n) is 5.00. The van der Waals surface area contributed by atoms with Crippen molar-refractivity contribution in [3.05, 3.63) is 47.8 Å². The maximum atomic E-state index is 5.74. The van der Waals surface area contributed by atoms with Crippen LogP contribution in [0.5, 0.6) is 5.88 Å². The van der Waals surface area contributed by atoms with Gasteiger partial charge >= 0.3 is 0 Å². The molecule has 0 saturated heterocycles. The molecule has 0 unspecified atom stereocenters. The van der Waals surface area contributed by atoms with Crippen molar-refractivity contribution >= 4 is 5.82 Å². The predicted molar refractivity (Wildman–Crippen MR) is 85.8 cm³/mol. The number of rotatable bonds is 8. The van der Waals surface area contributed by atoms with Crippen molar-refractivity contribution in [2.75, 3.05) is 18.5 Å². The number of benzene rings is 1. The van der Waals surface area contributed by atoms with Gasteiger partial charge in [0.1, 0.15) is 11.6 Å². The van der Waals surface area contributed by atoms with Crippen molar-refractivity contribution in [2.24, 2.45) is 0 Å². The van der Waals surface area contributed by atoms with E-state index in [4.69, 9.17) is 4.74 Å². The fourth-order valence-electron chi connectivity index (χ4n) is 2.06. The molecular formula is C17H23N3O. The molecule has 2 aromatic rings. The van der Waals surface area contributed by atoms with Gasteiger partial charge in [-0.15, -0.1) is 0 Å². The average molecular weight is 285 g/mol. The van der Waals surface area contributed by atoms with Gasteiger partial charge in [0.05, 0.1) is 6.61 Å². The fourth-order valence-corrected chi connectivity index (χ4v) is 2.06. The van der Waals surface area contributed by atoms with Crippen LogP contribution in [0.15, 0.2) is 36.4 Å². The SMILES string of the molecule is CCCNc1cc(OCCCc2ccccc2)nc(C)n1. The monoisotopic (exact) mass is 285 g/mol. The first-order valence-electron chi connectivity index (χ1n) is 7.54. The van der Waals surface area contributed by atoms with E-state index in [1.165, 1.54) is 5.56 Å². The number of aromatic nitrogens is 2. The average Bonchev–Trinajstić information content (AvgIpc) is 2.50. The second-order valence-corrected chi connectivity index (χ2v) is 5.00. The Hall–Kier alpha value is -2.10. The third-order valence-electron chi connectivity index (χ3n) is 3.07. The maximum absolute atomic E-state index is 5.74. The highest BCUT2D eigenvalue weighted by atomic mass is 16.5. The predicted octanol–water partition coefficient (Wildman–Crippen LogP) is 3.62. The van der Waals surface area contributed by atoms with Crippen LogP contribution in [0, 0.1) is 6.92 Å². The molecule has 1 N–H and O–H groups in total. The highest BCUT2D eigenvalue weighted by molar-refractivity contribution is 5.38. The van der Waals surface area contributed by atoms with Crippen LogP contribution in [0.4, 0.5) is 5.82 Å². The van der Waals surface area contributed by atoms with Gasteiger partial charge in [-0.2, -0.15) is 4.98 Å². The minimum atomic E-state index is 0.647. The van der Waals surface area contributed by atoms with Gasteiger partial charge in [-0.05, 0) is 31.7 Å². The normalized spacial score (nSPS) is 10.4. The first-order chi connectivity index (χ1) is 10.3. The summed E-state index contributed by atoms with van der Waals surface area (Å²) in [6.45, 7) is 5.58. The largest absolute Gasteiger partial charge is 0.478 e. The summed E-state index contributed by atoms with van der Waals surface area (Å²) in [5.74, 6) is 2.21. The van der Waals surface area contributed by atoms with E-state index in [-0.39, 0.29) is 0 Å². The summed E-state index contributed by atoms with van der Waals surface area (Å²) in [5, 5.41) is 3.26. The Morgan fingerprint density at radius 2 is 1.95 bits per heavy atom. The Morgan fingerprint density at radius 3 is 2.71 bits per heavy atom. The van der Waals surface area contributed by atoms with E-state index >= 15 is 0 Å². The molecule has 0 atom stereocenters. The van der Waals surface area contributed by atoms with Crippen molar-refractivity contribution in [2.45, 2.75) is 33.1 Å². The summed E-state index contributed by atoms with van der Waals surface area (Å²) in [7, 11) is 0. The standard InChI is InChI=1S/C17H23N3O/c1-3-11-18-16-13-17(20-14(2)19-16)21-12-7-10-15-8-5-4-6-9-15/h4-6,8-9,13H,3,7,10-12H2,1-2H3,(H,18,19,20).